The molecule has 6 atom stereocenters. The molecule has 0 saturated carbocycles. The van der Waals surface area contributed by atoms with Crippen molar-refractivity contribution in [3.8, 4) is 0 Å². The number of rotatable bonds is 4. The van der Waals surface area contributed by atoms with Gasteiger partial charge < -0.3 is 23.8 Å². The maximum atomic E-state index is 10.3. The molecule has 31 heavy (non-hydrogen) atoms. The van der Waals surface area contributed by atoms with E-state index in [1.165, 1.54) is 0 Å². The molecule has 2 heterocycles. The van der Waals surface area contributed by atoms with Crippen LogP contribution in [0.15, 0.2) is 12.2 Å². The molecule has 0 unspecified atom stereocenters. The van der Waals surface area contributed by atoms with Crippen LogP contribution in [-0.4, -0.2) is 63.5 Å². The van der Waals surface area contributed by atoms with Gasteiger partial charge >= 0.3 is 0 Å². The Morgan fingerprint density at radius 3 is 1.84 bits per heavy atom. The van der Waals surface area contributed by atoms with Gasteiger partial charge in [0.15, 0.2) is 16.6 Å². The molecule has 0 aromatic rings. The number of hydrogen-bond donors (Lipinski definition) is 2. The summed E-state index contributed by atoms with van der Waals surface area (Å²) < 4.78 is 20.3. The van der Waals surface area contributed by atoms with E-state index in [0.29, 0.717) is 19.3 Å². The summed E-state index contributed by atoms with van der Waals surface area (Å²) in [5.74, 6) is 0. The molecule has 2 bridgehead atoms. The van der Waals surface area contributed by atoms with Crippen LogP contribution < -0.4 is 0 Å². The van der Waals surface area contributed by atoms with Crippen LogP contribution in [0.3, 0.4) is 0 Å². The van der Waals surface area contributed by atoms with E-state index in [0.717, 1.165) is 6.42 Å². The minimum absolute atomic E-state index is 0.0651. The van der Waals surface area contributed by atoms with Crippen LogP contribution in [0.5, 0.6) is 0 Å². The first kappa shape index (κ1) is 27.2. The van der Waals surface area contributed by atoms with Gasteiger partial charge in [-0.2, -0.15) is 0 Å². The highest BCUT2D eigenvalue weighted by Gasteiger charge is 2.48. The molecule has 2 N–H and O–H groups in total. The highest BCUT2D eigenvalue weighted by Crippen LogP contribution is 2.43. The number of aliphatic hydroxyl groups is 2. The highest BCUT2D eigenvalue weighted by molar-refractivity contribution is 6.74. The Morgan fingerprint density at radius 2 is 1.32 bits per heavy atom. The van der Waals surface area contributed by atoms with Crippen molar-refractivity contribution in [2.45, 2.75) is 140 Å². The molecule has 0 aromatic carbocycles. The smallest absolute Gasteiger partial charge is 0.192 e. The predicted molar refractivity (Wildman–Crippen MR) is 132 cm³/mol. The fourth-order valence-electron chi connectivity index (χ4n) is 3.70. The van der Waals surface area contributed by atoms with Gasteiger partial charge in [-0.1, -0.05) is 53.7 Å². The van der Waals surface area contributed by atoms with E-state index < -0.39 is 28.8 Å². The van der Waals surface area contributed by atoms with Crippen molar-refractivity contribution in [3.63, 3.8) is 0 Å². The van der Waals surface area contributed by atoms with Crippen molar-refractivity contribution < 1.29 is 23.8 Å². The summed E-state index contributed by atoms with van der Waals surface area (Å²) in [5, 5.41) is 20.9. The number of fused-ring (bicyclic) bond motifs is 2. The zero-order valence-corrected chi connectivity index (χ0v) is 23.6. The molecule has 0 spiro atoms. The van der Waals surface area contributed by atoms with Crippen molar-refractivity contribution in [1.29, 1.82) is 0 Å². The van der Waals surface area contributed by atoms with Gasteiger partial charge in [-0.3, -0.25) is 0 Å². The second kappa shape index (κ2) is 9.68. The molecule has 1 saturated heterocycles. The summed E-state index contributed by atoms with van der Waals surface area (Å²) in [6.45, 7) is 22.7. The van der Waals surface area contributed by atoms with Crippen LogP contribution in [0.25, 0.3) is 0 Å². The SMILES string of the molecule is CC(C)(C)[Si](C)(C)O[C@H]1C[C@@H](O[Si](C)(C)C(C)(C)C)[C@@H]2CC[C@@H](O)[C@H](O)C/C=C\[C@H]1O2. The topological polar surface area (TPSA) is 68.2 Å². The average molecular weight is 473 g/mol. The Bertz CT molecular complexity index is 620. The normalized spacial score (nSPS) is 35.0. The van der Waals surface area contributed by atoms with Crippen molar-refractivity contribution in [3.05, 3.63) is 12.2 Å². The largest absolute Gasteiger partial charge is 0.411 e. The van der Waals surface area contributed by atoms with Gasteiger partial charge in [0.25, 0.3) is 0 Å². The van der Waals surface area contributed by atoms with Gasteiger partial charge in [0.1, 0.15) is 6.10 Å². The van der Waals surface area contributed by atoms with E-state index >= 15 is 0 Å². The molecule has 0 aliphatic carbocycles. The Labute approximate surface area is 192 Å². The number of hydrogen-bond acceptors (Lipinski definition) is 5. The van der Waals surface area contributed by atoms with Crippen molar-refractivity contribution in [1.82, 2.24) is 0 Å². The zero-order chi connectivity index (χ0) is 23.8. The van der Waals surface area contributed by atoms with E-state index in [-0.39, 0.29) is 34.5 Å². The highest BCUT2D eigenvalue weighted by atomic mass is 28.4. The lowest BCUT2D eigenvalue weighted by Crippen LogP contribution is -2.57. The number of ether oxygens (including phenoxy) is 1. The standard InChI is InChI=1S/C24H48O5Si2/c1-23(2,3)30(7,8)28-21-16-22(29-31(9,10)24(4,5)6)20-15-14-18(26)17(25)12-11-13-19(21)27-20/h11,13,17-22,25-26H,12,14-16H2,1-10H3/b13-11-/t17-,18-,19-,20+,21+,22-/m1/s1. The van der Waals surface area contributed by atoms with Gasteiger partial charge in [0.05, 0.1) is 30.5 Å². The van der Waals surface area contributed by atoms with Crippen molar-refractivity contribution >= 4 is 16.6 Å². The van der Waals surface area contributed by atoms with E-state index in [2.05, 4.69) is 67.7 Å². The molecule has 2 aliphatic heterocycles. The van der Waals surface area contributed by atoms with Gasteiger partial charge in [0.2, 0.25) is 0 Å². The summed E-state index contributed by atoms with van der Waals surface area (Å²) in [4.78, 5) is 0. The molecule has 182 valence electrons. The predicted octanol–water partition coefficient (Wildman–Crippen LogP) is 5.39. The second-order valence-corrected chi connectivity index (χ2v) is 22.1. The van der Waals surface area contributed by atoms with Crippen molar-refractivity contribution in [2.75, 3.05) is 0 Å². The molecule has 1 fully saturated rings. The van der Waals surface area contributed by atoms with Crippen molar-refractivity contribution in [2.24, 2.45) is 0 Å². The van der Waals surface area contributed by atoms with Crippen LogP contribution >= 0.6 is 0 Å². The second-order valence-electron chi connectivity index (χ2n) is 12.6. The molecule has 0 amide bonds. The summed E-state index contributed by atoms with van der Waals surface area (Å²) in [5.41, 5.74) is 0. The lowest BCUT2D eigenvalue weighted by Gasteiger charge is -2.49. The minimum atomic E-state index is -2.01. The Balaban J connectivity index is 2.35. The molecule has 7 heteroatoms. The first-order chi connectivity index (χ1) is 13.9. The molecule has 2 rings (SSSR count). The van der Waals surface area contributed by atoms with Crippen LogP contribution in [-0.2, 0) is 13.6 Å². The van der Waals surface area contributed by atoms with Crippen LogP contribution in [0.4, 0.5) is 0 Å². The third kappa shape index (κ3) is 6.74. The van der Waals surface area contributed by atoms with Gasteiger partial charge in [-0.15, -0.1) is 0 Å². The first-order valence-corrected chi connectivity index (χ1v) is 17.8. The lowest BCUT2D eigenvalue weighted by atomic mass is 9.92. The third-order valence-electron chi connectivity index (χ3n) is 7.98. The van der Waals surface area contributed by atoms with E-state index in [9.17, 15) is 10.2 Å². The van der Waals surface area contributed by atoms with Gasteiger partial charge in [-0.25, -0.2) is 0 Å². The Kier molecular flexibility index (Phi) is 8.50. The summed E-state index contributed by atoms with van der Waals surface area (Å²) >= 11 is 0. The molecular weight excluding hydrogens is 424 g/mol. The molecule has 0 aromatic heterocycles. The minimum Gasteiger partial charge on any atom is -0.411 e. The zero-order valence-electron chi connectivity index (χ0n) is 21.6. The van der Waals surface area contributed by atoms with E-state index in [1.54, 1.807) is 0 Å². The monoisotopic (exact) mass is 472 g/mol. The van der Waals surface area contributed by atoms with Crippen LogP contribution in [0, 0.1) is 0 Å². The van der Waals surface area contributed by atoms with Crippen LogP contribution in [0.1, 0.15) is 67.2 Å². The van der Waals surface area contributed by atoms with E-state index in [1.807, 2.05) is 12.2 Å². The Hall–Kier alpha value is -0.0262. The fourth-order valence-corrected chi connectivity index (χ4v) is 6.40. The number of aliphatic hydroxyl groups excluding tert-OH is 2. The maximum Gasteiger partial charge on any atom is 0.192 e. The lowest BCUT2D eigenvalue weighted by molar-refractivity contribution is -0.149. The Morgan fingerprint density at radius 1 is 0.806 bits per heavy atom. The molecule has 2 aliphatic rings. The molecule has 5 nitrogen and oxygen atoms in total. The summed E-state index contributed by atoms with van der Waals surface area (Å²) in [6, 6.07) is 0. The van der Waals surface area contributed by atoms with Crippen LogP contribution in [0.2, 0.25) is 36.3 Å². The fraction of sp³-hybridized carbons (Fsp3) is 0.917. The summed E-state index contributed by atoms with van der Waals surface area (Å²) in [7, 11) is -4.01. The maximum absolute atomic E-state index is 10.3. The quantitative estimate of drug-likeness (QED) is 0.424. The summed E-state index contributed by atoms with van der Waals surface area (Å²) in [6.07, 6.45) is 4.53. The molecule has 0 radical (unpaired) electrons. The van der Waals surface area contributed by atoms with Gasteiger partial charge in [0, 0.05) is 6.42 Å². The first-order valence-electron chi connectivity index (χ1n) is 12.0. The average Bonchev–Trinajstić information content (AvgIpc) is 2.58. The third-order valence-corrected chi connectivity index (χ3v) is 17.0. The van der Waals surface area contributed by atoms with E-state index in [4.69, 9.17) is 13.6 Å². The molecular formula is C24H48O5Si2. The van der Waals surface area contributed by atoms with Gasteiger partial charge in [-0.05, 0) is 55.5 Å².